The van der Waals surface area contributed by atoms with E-state index in [2.05, 4.69) is 24.7 Å². The summed E-state index contributed by atoms with van der Waals surface area (Å²) < 4.78 is 11.0. The lowest BCUT2D eigenvalue weighted by Gasteiger charge is -2.39. The van der Waals surface area contributed by atoms with Crippen LogP contribution in [0.25, 0.3) is 10.3 Å². The first kappa shape index (κ1) is 19.8. The number of fused-ring (bicyclic) bond motifs is 1. The Morgan fingerprint density at radius 1 is 0.897 bits per heavy atom. The van der Waals surface area contributed by atoms with Gasteiger partial charge in [-0.3, -0.25) is 9.80 Å². The smallest absolute Gasteiger partial charge is 0.225 e. The number of thiazole rings is 1. The maximum absolute atomic E-state index is 6.21. The molecule has 0 atom stereocenters. The van der Waals surface area contributed by atoms with Crippen molar-refractivity contribution in [2.24, 2.45) is 0 Å². The van der Waals surface area contributed by atoms with Crippen molar-refractivity contribution >= 4 is 39.1 Å². The maximum Gasteiger partial charge on any atom is 0.225 e. The van der Waals surface area contributed by atoms with Gasteiger partial charge in [0.05, 0.1) is 33.0 Å². The molecule has 0 bridgehead atoms. The number of halogens is 1. The number of morpholine rings is 2. The van der Waals surface area contributed by atoms with E-state index in [0.717, 1.165) is 80.2 Å². The number of aromatic nitrogens is 3. The molecule has 5 rings (SSSR count). The molecule has 2 aromatic rings. The maximum atomic E-state index is 6.21. The number of rotatable bonds is 4. The van der Waals surface area contributed by atoms with Crippen LogP contribution in [-0.2, 0) is 16.0 Å². The van der Waals surface area contributed by atoms with Gasteiger partial charge in [-0.2, -0.15) is 4.98 Å². The molecule has 0 amide bonds. The molecule has 29 heavy (non-hydrogen) atoms. The standard InChI is InChI=1S/C19H27ClN6O2S/c20-19-22-17(26-7-11-28-12-8-26)16-18(23-19)29-15(21-16)13-24-3-1-14(2-4-24)25-5-9-27-10-6-25/h14H,1-13H2. The molecule has 2 aromatic heterocycles. The predicted molar refractivity (Wildman–Crippen MR) is 114 cm³/mol. The summed E-state index contributed by atoms with van der Waals surface area (Å²) in [5, 5.41) is 1.39. The van der Waals surface area contributed by atoms with Crippen molar-refractivity contribution in [3.05, 3.63) is 10.3 Å². The molecule has 8 nitrogen and oxygen atoms in total. The van der Waals surface area contributed by atoms with E-state index in [1.54, 1.807) is 11.3 Å². The zero-order valence-corrected chi connectivity index (χ0v) is 18.1. The fourth-order valence-corrected chi connectivity index (χ4v) is 5.65. The van der Waals surface area contributed by atoms with Gasteiger partial charge in [-0.15, -0.1) is 0 Å². The average Bonchev–Trinajstić information content (AvgIpc) is 3.17. The Labute approximate surface area is 179 Å². The van der Waals surface area contributed by atoms with Gasteiger partial charge in [-0.25, -0.2) is 9.97 Å². The molecular weight excluding hydrogens is 412 g/mol. The van der Waals surface area contributed by atoms with E-state index < -0.39 is 0 Å². The van der Waals surface area contributed by atoms with Gasteiger partial charge in [0.25, 0.3) is 0 Å². The third-order valence-electron chi connectivity index (χ3n) is 6.05. The van der Waals surface area contributed by atoms with Crippen LogP contribution in [0.1, 0.15) is 17.8 Å². The Bertz CT molecular complexity index is 831. The van der Waals surface area contributed by atoms with Gasteiger partial charge in [-0.05, 0) is 24.4 Å². The van der Waals surface area contributed by atoms with Crippen molar-refractivity contribution in [2.45, 2.75) is 25.4 Å². The van der Waals surface area contributed by atoms with Crippen molar-refractivity contribution in [2.75, 3.05) is 70.6 Å². The molecule has 3 saturated heterocycles. The summed E-state index contributed by atoms with van der Waals surface area (Å²) in [4.78, 5) is 22.0. The van der Waals surface area contributed by atoms with E-state index in [1.165, 1.54) is 12.8 Å². The highest BCUT2D eigenvalue weighted by atomic mass is 35.5. The van der Waals surface area contributed by atoms with Gasteiger partial charge in [0, 0.05) is 45.3 Å². The lowest BCUT2D eigenvalue weighted by atomic mass is 10.0. The molecule has 0 saturated carbocycles. The summed E-state index contributed by atoms with van der Waals surface area (Å²) >= 11 is 7.85. The Balaban J connectivity index is 1.26. The molecule has 0 unspecified atom stereocenters. The molecular formula is C19H27ClN6O2S. The molecule has 5 heterocycles. The van der Waals surface area contributed by atoms with Crippen LogP contribution in [0.4, 0.5) is 5.82 Å². The number of likely N-dealkylation sites (tertiary alicyclic amines) is 1. The quantitative estimate of drug-likeness (QED) is 0.670. The predicted octanol–water partition coefficient (Wildman–Crippen LogP) is 1.87. The van der Waals surface area contributed by atoms with Crippen LogP contribution in [0.2, 0.25) is 5.28 Å². The highest BCUT2D eigenvalue weighted by molar-refractivity contribution is 7.18. The molecule has 3 aliphatic heterocycles. The van der Waals surface area contributed by atoms with Crippen molar-refractivity contribution in [1.29, 1.82) is 0 Å². The number of ether oxygens (including phenoxy) is 2. The van der Waals surface area contributed by atoms with Crippen LogP contribution in [0, 0.1) is 0 Å². The molecule has 0 spiro atoms. The first-order valence-corrected chi connectivity index (χ1v) is 11.7. The van der Waals surface area contributed by atoms with Crippen molar-refractivity contribution < 1.29 is 9.47 Å². The number of piperidine rings is 1. The van der Waals surface area contributed by atoms with E-state index >= 15 is 0 Å². The largest absolute Gasteiger partial charge is 0.379 e. The summed E-state index contributed by atoms with van der Waals surface area (Å²) in [6.45, 7) is 10.0. The van der Waals surface area contributed by atoms with Crippen molar-refractivity contribution in [3.63, 3.8) is 0 Å². The van der Waals surface area contributed by atoms with Crippen LogP contribution in [0.5, 0.6) is 0 Å². The number of hydrogen-bond donors (Lipinski definition) is 0. The Morgan fingerprint density at radius 2 is 1.59 bits per heavy atom. The van der Waals surface area contributed by atoms with Crippen LogP contribution >= 0.6 is 22.9 Å². The van der Waals surface area contributed by atoms with E-state index in [-0.39, 0.29) is 0 Å². The van der Waals surface area contributed by atoms with Crippen LogP contribution in [0.15, 0.2) is 0 Å². The molecule has 158 valence electrons. The first-order valence-electron chi connectivity index (χ1n) is 10.5. The third-order valence-corrected chi connectivity index (χ3v) is 7.15. The van der Waals surface area contributed by atoms with Crippen LogP contribution < -0.4 is 4.90 Å². The van der Waals surface area contributed by atoms with Gasteiger partial charge in [0.1, 0.15) is 10.5 Å². The number of hydrogen-bond acceptors (Lipinski definition) is 9. The van der Waals surface area contributed by atoms with Gasteiger partial charge >= 0.3 is 0 Å². The van der Waals surface area contributed by atoms with Crippen molar-refractivity contribution in [1.82, 2.24) is 24.8 Å². The zero-order chi connectivity index (χ0) is 19.6. The summed E-state index contributed by atoms with van der Waals surface area (Å²) in [6.07, 6.45) is 2.44. The Morgan fingerprint density at radius 3 is 2.31 bits per heavy atom. The van der Waals surface area contributed by atoms with E-state index in [1.807, 2.05) is 0 Å². The van der Waals surface area contributed by atoms with Gasteiger partial charge < -0.3 is 14.4 Å². The highest BCUT2D eigenvalue weighted by Gasteiger charge is 2.27. The van der Waals surface area contributed by atoms with Gasteiger partial charge in [0.2, 0.25) is 5.28 Å². The summed E-state index contributed by atoms with van der Waals surface area (Å²) in [5.41, 5.74) is 0.875. The second-order valence-electron chi connectivity index (χ2n) is 7.83. The van der Waals surface area contributed by atoms with Gasteiger partial charge in [-0.1, -0.05) is 11.3 Å². The lowest BCUT2D eigenvalue weighted by molar-refractivity contribution is 0.000231. The molecule has 0 aromatic carbocycles. The second kappa shape index (κ2) is 8.95. The first-order chi connectivity index (χ1) is 14.3. The number of nitrogens with zero attached hydrogens (tertiary/aromatic N) is 6. The van der Waals surface area contributed by atoms with E-state index in [4.69, 9.17) is 26.1 Å². The topological polar surface area (TPSA) is 66.9 Å². The minimum atomic E-state index is 0.292. The fraction of sp³-hybridized carbons (Fsp3) is 0.737. The molecule has 10 heteroatoms. The van der Waals surface area contributed by atoms with E-state index in [0.29, 0.717) is 24.5 Å². The monoisotopic (exact) mass is 438 g/mol. The van der Waals surface area contributed by atoms with E-state index in [9.17, 15) is 0 Å². The minimum Gasteiger partial charge on any atom is -0.379 e. The third kappa shape index (κ3) is 4.50. The van der Waals surface area contributed by atoms with Crippen LogP contribution in [0.3, 0.4) is 0 Å². The fourth-order valence-electron chi connectivity index (χ4n) is 4.47. The molecule has 3 aliphatic rings. The number of anilines is 1. The van der Waals surface area contributed by atoms with Gasteiger partial charge in [0.15, 0.2) is 10.6 Å². The second-order valence-corrected chi connectivity index (χ2v) is 9.23. The Kier molecular flexibility index (Phi) is 6.12. The molecule has 0 radical (unpaired) electrons. The molecule has 3 fully saturated rings. The normalized spacial score (nSPS) is 23.1. The lowest BCUT2D eigenvalue weighted by Crippen LogP contribution is -2.48. The summed E-state index contributed by atoms with van der Waals surface area (Å²) in [5.74, 6) is 0.844. The molecule has 0 N–H and O–H groups in total. The highest BCUT2D eigenvalue weighted by Crippen LogP contribution is 2.31. The molecule has 0 aliphatic carbocycles. The minimum absolute atomic E-state index is 0.292. The van der Waals surface area contributed by atoms with Crippen molar-refractivity contribution in [3.8, 4) is 0 Å². The average molecular weight is 439 g/mol. The Hall–Kier alpha value is -1.10. The summed E-state index contributed by atoms with van der Waals surface area (Å²) in [7, 11) is 0. The SMILES string of the molecule is Clc1nc(N2CCOCC2)c2nc(CN3CCC(N4CCOCC4)CC3)sc2n1. The zero-order valence-electron chi connectivity index (χ0n) is 16.6. The summed E-state index contributed by atoms with van der Waals surface area (Å²) in [6, 6.07) is 0.697. The van der Waals surface area contributed by atoms with Crippen LogP contribution in [-0.4, -0.2) is 96.5 Å².